The van der Waals surface area contributed by atoms with Crippen molar-refractivity contribution in [3.8, 4) is 0 Å². The van der Waals surface area contributed by atoms with Crippen LogP contribution >= 0.6 is 0 Å². The van der Waals surface area contributed by atoms with E-state index in [0.717, 1.165) is 23.7 Å². The molecule has 2 heterocycles. The van der Waals surface area contributed by atoms with Crippen molar-refractivity contribution in [3.63, 3.8) is 0 Å². The molecule has 1 aromatic carbocycles. The number of fused-ring (bicyclic) bond motifs is 1. The summed E-state index contributed by atoms with van der Waals surface area (Å²) < 4.78 is 0. The highest BCUT2D eigenvalue weighted by Gasteiger charge is 2.50. The van der Waals surface area contributed by atoms with Gasteiger partial charge < -0.3 is 10.2 Å². The minimum absolute atomic E-state index is 0.221. The van der Waals surface area contributed by atoms with Gasteiger partial charge in [0.15, 0.2) is 0 Å². The number of anilines is 2. The van der Waals surface area contributed by atoms with E-state index in [-0.39, 0.29) is 29.6 Å². The summed E-state index contributed by atoms with van der Waals surface area (Å²) in [7, 11) is 0. The molecule has 6 heteroatoms. The first-order valence-electron chi connectivity index (χ1n) is 9.74. The monoisotopic (exact) mass is 367 g/mol. The van der Waals surface area contributed by atoms with Crippen LogP contribution in [-0.4, -0.2) is 41.8 Å². The third kappa shape index (κ3) is 3.24. The predicted octanol–water partition coefficient (Wildman–Crippen LogP) is 2.57. The molecule has 1 aromatic rings. The van der Waals surface area contributed by atoms with Crippen molar-refractivity contribution >= 4 is 29.1 Å². The standard InChI is InChI=1S/C21H25N3O3/c1-14(24-20(26)17-6-2-3-7-18(17)21(24)27)19(25)22-15-8-10-16(11-9-15)23-12-4-5-13-23/h2-3,8-11,14,17-18H,4-7,12-13H2,1H3,(H,22,25)/t14-,17-,18+/m1/s1. The average Bonchev–Trinajstić information content (AvgIpc) is 3.30. The van der Waals surface area contributed by atoms with E-state index >= 15 is 0 Å². The molecule has 0 saturated carbocycles. The second-order valence-corrected chi connectivity index (χ2v) is 7.61. The lowest BCUT2D eigenvalue weighted by Gasteiger charge is -2.23. The molecule has 3 aliphatic rings. The molecule has 142 valence electrons. The number of likely N-dealkylation sites (tertiary alicyclic amines) is 1. The Balaban J connectivity index is 1.42. The van der Waals surface area contributed by atoms with E-state index in [1.54, 1.807) is 6.92 Å². The number of hydrogen-bond acceptors (Lipinski definition) is 4. The average molecular weight is 367 g/mol. The molecule has 4 rings (SSSR count). The van der Waals surface area contributed by atoms with Gasteiger partial charge in [0, 0.05) is 24.5 Å². The maximum atomic E-state index is 12.7. The lowest BCUT2D eigenvalue weighted by atomic mass is 9.85. The number of benzene rings is 1. The van der Waals surface area contributed by atoms with Crippen molar-refractivity contribution in [3.05, 3.63) is 36.4 Å². The third-order valence-corrected chi connectivity index (χ3v) is 5.91. The van der Waals surface area contributed by atoms with Crippen LogP contribution < -0.4 is 10.2 Å². The van der Waals surface area contributed by atoms with Gasteiger partial charge in [0.25, 0.3) is 0 Å². The van der Waals surface area contributed by atoms with Gasteiger partial charge in [-0.2, -0.15) is 0 Å². The van der Waals surface area contributed by atoms with E-state index in [0.29, 0.717) is 18.5 Å². The Morgan fingerprint density at radius 1 is 1.00 bits per heavy atom. The zero-order valence-corrected chi connectivity index (χ0v) is 15.6. The third-order valence-electron chi connectivity index (χ3n) is 5.91. The fourth-order valence-electron chi connectivity index (χ4n) is 4.30. The van der Waals surface area contributed by atoms with Crippen molar-refractivity contribution in [1.29, 1.82) is 0 Å². The van der Waals surface area contributed by atoms with E-state index in [1.807, 2.05) is 36.4 Å². The fourth-order valence-corrected chi connectivity index (χ4v) is 4.30. The number of amides is 3. The number of hydrogen-bond donors (Lipinski definition) is 1. The van der Waals surface area contributed by atoms with Gasteiger partial charge in [-0.05, 0) is 56.9 Å². The molecule has 3 atom stereocenters. The molecule has 0 radical (unpaired) electrons. The van der Waals surface area contributed by atoms with Crippen LogP contribution in [0.5, 0.6) is 0 Å². The van der Waals surface area contributed by atoms with Crippen molar-refractivity contribution in [1.82, 2.24) is 4.90 Å². The number of imide groups is 1. The van der Waals surface area contributed by atoms with E-state index < -0.39 is 6.04 Å². The van der Waals surface area contributed by atoms with Gasteiger partial charge in [0.2, 0.25) is 17.7 Å². The van der Waals surface area contributed by atoms with Crippen LogP contribution in [0.1, 0.15) is 32.6 Å². The molecular weight excluding hydrogens is 342 g/mol. The van der Waals surface area contributed by atoms with E-state index in [9.17, 15) is 14.4 Å². The number of allylic oxidation sites excluding steroid dienone is 2. The molecule has 0 unspecified atom stereocenters. The van der Waals surface area contributed by atoms with Crippen LogP contribution in [-0.2, 0) is 14.4 Å². The lowest BCUT2D eigenvalue weighted by molar-refractivity contribution is -0.146. The minimum Gasteiger partial charge on any atom is -0.372 e. The lowest BCUT2D eigenvalue weighted by Crippen LogP contribution is -2.46. The normalized spacial score (nSPS) is 25.7. The molecule has 0 bridgehead atoms. The van der Waals surface area contributed by atoms with E-state index in [4.69, 9.17) is 0 Å². The predicted molar refractivity (Wildman–Crippen MR) is 103 cm³/mol. The maximum absolute atomic E-state index is 12.7. The Morgan fingerprint density at radius 2 is 1.56 bits per heavy atom. The fraction of sp³-hybridized carbons (Fsp3) is 0.476. The summed E-state index contributed by atoms with van der Waals surface area (Å²) in [6.45, 7) is 3.76. The first kappa shape index (κ1) is 17.8. The van der Waals surface area contributed by atoms with Gasteiger partial charge in [0.1, 0.15) is 6.04 Å². The van der Waals surface area contributed by atoms with Crippen LogP contribution in [0.3, 0.4) is 0 Å². The van der Waals surface area contributed by atoms with Crippen LogP contribution in [0.15, 0.2) is 36.4 Å². The highest BCUT2D eigenvalue weighted by atomic mass is 16.2. The summed E-state index contributed by atoms with van der Waals surface area (Å²) in [5, 5.41) is 2.84. The molecule has 6 nitrogen and oxygen atoms in total. The quantitative estimate of drug-likeness (QED) is 0.656. The Morgan fingerprint density at radius 3 is 2.11 bits per heavy atom. The topological polar surface area (TPSA) is 69.7 Å². The second kappa shape index (κ2) is 7.18. The van der Waals surface area contributed by atoms with Crippen molar-refractivity contribution in [2.75, 3.05) is 23.3 Å². The Bertz CT molecular complexity index is 754. The number of nitrogens with zero attached hydrogens (tertiary/aromatic N) is 2. The molecule has 1 aliphatic carbocycles. The summed E-state index contributed by atoms with van der Waals surface area (Å²) in [5.74, 6) is -1.39. The van der Waals surface area contributed by atoms with E-state index in [2.05, 4.69) is 10.2 Å². The molecule has 2 fully saturated rings. The first-order chi connectivity index (χ1) is 13.1. The SMILES string of the molecule is C[C@H](C(=O)Nc1ccc(N2CCCC2)cc1)N1C(=O)[C@H]2CC=CC[C@H]2C1=O. The Hall–Kier alpha value is -2.63. The largest absolute Gasteiger partial charge is 0.372 e. The zero-order valence-electron chi connectivity index (χ0n) is 15.6. The Kier molecular flexibility index (Phi) is 4.72. The summed E-state index contributed by atoms with van der Waals surface area (Å²) >= 11 is 0. The van der Waals surface area contributed by atoms with Gasteiger partial charge in [-0.1, -0.05) is 12.2 Å². The van der Waals surface area contributed by atoms with Gasteiger partial charge in [0.05, 0.1) is 11.8 Å². The maximum Gasteiger partial charge on any atom is 0.247 e. The summed E-state index contributed by atoms with van der Waals surface area (Å²) in [5.41, 5.74) is 1.83. The van der Waals surface area contributed by atoms with Crippen molar-refractivity contribution in [2.24, 2.45) is 11.8 Å². The van der Waals surface area contributed by atoms with Gasteiger partial charge in [-0.25, -0.2) is 0 Å². The first-order valence-corrected chi connectivity index (χ1v) is 9.74. The highest BCUT2D eigenvalue weighted by molar-refractivity contribution is 6.10. The van der Waals surface area contributed by atoms with Crippen LogP contribution in [0.2, 0.25) is 0 Å². The van der Waals surface area contributed by atoms with Crippen LogP contribution in [0.25, 0.3) is 0 Å². The molecule has 2 aliphatic heterocycles. The van der Waals surface area contributed by atoms with Gasteiger partial charge >= 0.3 is 0 Å². The number of carbonyl (C=O) groups excluding carboxylic acids is 3. The van der Waals surface area contributed by atoms with Crippen molar-refractivity contribution < 1.29 is 14.4 Å². The molecule has 0 aromatic heterocycles. The molecule has 27 heavy (non-hydrogen) atoms. The molecule has 0 spiro atoms. The molecule has 2 saturated heterocycles. The van der Waals surface area contributed by atoms with Gasteiger partial charge in [-0.3, -0.25) is 19.3 Å². The summed E-state index contributed by atoms with van der Waals surface area (Å²) in [6, 6.07) is 6.93. The summed E-state index contributed by atoms with van der Waals surface area (Å²) in [6.07, 6.45) is 7.48. The van der Waals surface area contributed by atoms with E-state index in [1.165, 1.54) is 12.8 Å². The number of rotatable bonds is 4. The smallest absolute Gasteiger partial charge is 0.247 e. The number of nitrogens with one attached hydrogen (secondary N) is 1. The summed E-state index contributed by atoms with van der Waals surface area (Å²) in [4.78, 5) is 41.4. The van der Waals surface area contributed by atoms with Gasteiger partial charge in [-0.15, -0.1) is 0 Å². The van der Waals surface area contributed by atoms with Crippen molar-refractivity contribution in [2.45, 2.75) is 38.6 Å². The van der Waals surface area contributed by atoms with Crippen LogP contribution in [0.4, 0.5) is 11.4 Å². The second-order valence-electron chi connectivity index (χ2n) is 7.61. The Labute approximate surface area is 159 Å². The zero-order chi connectivity index (χ0) is 19.0. The van der Waals surface area contributed by atoms with Crippen LogP contribution in [0, 0.1) is 11.8 Å². The number of carbonyl (C=O) groups is 3. The molecule has 1 N–H and O–H groups in total. The molecule has 3 amide bonds. The molecular formula is C21H25N3O3. The highest BCUT2D eigenvalue weighted by Crippen LogP contribution is 2.36. The minimum atomic E-state index is -0.811.